The van der Waals surface area contributed by atoms with Crippen molar-refractivity contribution in [3.05, 3.63) is 244 Å². The molecule has 11 aromatic rings. The van der Waals surface area contributed by atoms with Gasteiger partial charge in [-0.05, 0) is 137 Å². The Hall–Kier alpha value is -8.59. The van der Waals surface area contributed by atoms with Crippen molar-refractivity contribution in [3.63, 3.8) is 0 Å². The van der Waals surface area contributed by atoms with E-state index in [9.17, 15) is 19.7 Å². The first kappa shape index (κ1) is 50.6. The summed E-state index contributed by atoms with van der Waals surface area (Å²) in [5, 5.41) is 35.8. The summed E-state index contributed by atoms with van der Waals surface area (Å²) in [5.74, 6) is -1.29. The number of halogens is 5. The van der Waals surface area contributed by atoms with Gasteiger partial charge in [0.2, 0.25) is 0 Å². The molecule has 9 aromatic carbocycles. The molecule has 0 aliphatic heterocycles. The van der Waals surface area contributed by atoms with Crippen LogP contribution in [0.5, 0.6) is 17.2 Å². The zero-order valence-corrected chi connectivity index (χ0v) is 43.9. The lowest BCUT2D eigenvalue weighted by atomic mass is 9.80. The molecular formula is C67H44Cl3F2N2O3. The van der Waals surface area contributed by atoms with Crippen LogP contribution in [0.25, 0.3) is 111 Å². The van der Waals surface area contributed by atoms with Crippen molar-refractivity contribution >= 4 is 34.8 Å². The number of phenolic OH excluding ortho intramolecular Hbond substituents is 3. The van der Waals surface area contributed by atoms with Crippen molar-refractivity contribution in [2.45, 2.75) is 20.8 Å². The fourth-order valence-electron chi connectivity index (χ4n) is 10.3. The summed E-state index contributed by atoms with van der Waals surface area (Å²) in [7, 11) is 0. The Morgan fingerprint density at radius 3 is 1.75 bits per heavy atom. The minimum Gasteiger partial charge on any atom is -0.508 e. The number of hydrogen-bond donors (Lipinski definition) is 3. The molecule has 0 amide bonds. The normalized spacial score (nSPS) is 11.3. The van der Waals surface area contributed by atoms with Gasteiger partial charge in [-0.25, -0.2) is 8.78 Å². The number of rotatable bonds is 10. The van der Waals surface area contributed by atoms with Gasteiger partial charge in [-0.1, -0.05) is 156 Å². The molecule has 2 aromatic heterocycles. The lowest BCUT2D eigenvalue weighted by Crippen LogP contribution is -2.01. The molecule has 77 heavy (non-hydrogen) atoms. The number of aromatic hydroxyl groups is 3. The van der Waals surface area contributed by atoms with Crippen LogP contribution in [-0.2, 0) is 0 Å². The van der Waals surface area contributed by atoms with Gasteiger partial charge < -0.3 is 15.3 Å². The quantitative estimate of drug-likeness (QED) is 0.127. The topological polar surface area (TPSA) is 86.5 Å². The number of nitrogens with zero attached hydrogens (tertiary/aromatic N) is 2. The molecule has 0 spiro atoms. The minimum absolute atomic E-state index is 0.0856. The highest BCUT2D eigenvalue weighted by molar-refractivity contribution is 6.39. The molecule has 0 fully saturated rings. The second kappa shape index (κ2) is 20.9. The predicted molar refractivity (Wildman–Crippen MR) is 309 cm³/mol. The summed E-state index contributed by atoms with van der Waals surface area (Å²) >= 11 is 22.9. The molecular weight excluding hydrogens is 1030 g/mol. The molecule has 0 bridgehead atoms. The van der Waals surface area contributed by atoms with Gasteiger partial charge in [0.05, 0.1) is 15.7 Å². The van der Waals surface area contributed by atoms with E-state index in [0.29, 0.717) is 105 Å². The van der Waals surface area contributed by atoms with Crippen molar-refractivity contribution in [2.24, 2.45) is 0 Å². The third kappa shape index (κ3) is 9.37. The van der Waals surface area contributed by atoms with Crippen molar-refractivity contribution in [3.8, 4) is 129 Å². The van der Waals surface area contributed by atoms with Crippen molar-refractivity contribution in [1.82, 2.24) is 9.97 Å². The van der Waals surface area contributed by atoms with Gasteiger partial charge in [0.15, 0.2) is 0 Å². The Morgan fingerprint density at radius 2 is 1.03 bits per heavy atom. The summed E-state index contributed by atoms with van der Waals surface area (Å²) in [6.45, 7) is 5.74. The minimum atomic E-state index is -0.574. The van der Waals surface area contributed by atoms with E-state index in [1.165, 1.54) is 30.3 Å². The SMILES string of the molecule is Cc1ccc(-c2c(-c3ccc(-c4cccc(O)c4-c4ccc(F)cc4-c4cccc(O)c4-c4cccc(F)c4)c(-c4nccc(C)c4-c4ccccc4)c3Cl)[c]c(Cl)c(-c3ccc(C)c(O)c3)c2-c2ccccc2Cl)cn1. The van der Waals surface area contributed by atoms with Gasteiger partial charge in [0.1, 0.15) is 28.9 Å². The third-order valence-electron chi connectivity index (χ3n) is 13.9. The largest absolute Gasteiger partial charge is 0.508 e. The number of aromatic nitrogens is 2. The van der Waals surface area contributed by atoms with Crippen molar-refractivity contribution in [2.75, 3.05) is 0 Å². The molecule has 10 heteroatoms. The second-order valence-corrected chi connectivity index (χ2v) is 19.9. The van der Waals surface area contributed by atoms with E-state index >= 15 is 4.39 Å². The molecule has 3 N–H and O–H groups in total. The van der Waals surface area contributed by atoms with Crippen LogP contribution in [0.2, 0.25) is 15.1 Å². The van der Waals surface area contributed by atoms with Crippen LogP contribution >= 0.6 is 34.8 Å². The van der Waals surface area contributed by atoms with Gasteiger partial charge in [-0.2, -0.15) is 0 Å². The first-order valence-electron chi connectivity index (χ1n) is 24.6. The molecule has 5 nitrogen and oxygen atoms in total. The Labute approximate surface area is 459 Å². The molecule has 375 valence electrons. The van der Waals surface area contributed by atoms with Gasteiger partial charge in [0.25, 0.3) is 0 Å². The molecule has 0 aliphatic carbocycles. The molecule has 0 atom stereocenters. The number of benzene rings is 9. The smallest absolute Gasteiger partial charge is 0.124 e. The van der Waals surface area contributed by atoms with E-state index in [4.69, 9.17) is 44.8 Å². The second-order valence-electron chi connectivity index (χ2n) is 18.8. The Kier molecular flexibility index (Phi) is 13.7. The summed E-state index contributed by atoms with van der Waals surface area (Å²) in [6.07, 6.45) is 3.52. The van der Waals surface area contributed by atoms with E-state index < -0.39 is 11.6 Å². The molecule has 11 rings (SSSR count). The molecule has 0 saturated carbocycles. The van der Waals surface area contributed by atoms with Gasteiger partial charge in [0, 0.05) is 90.4 Å². The molecule has 1 radical (unpaired) electrons. The highest BCUT2D eigenvalue weighted by Gasteiger charge is 2.30. The van der Waals surface area contributed by atoms with E-state index in [-0.39, 0.29) is 32.9 Å². The standard InChI is InChI=1S/C67H44Cl3F2N2O3/c1-37-22-24-42(33-58(37)77)62-55(69)35-53(61(43-25-23-39(3)74-36-43)64(62)51-16-7-8-19-54(51)68)50-29-28-48(65(66(50)70)67-59(38(2)30-31-73-67)40-12-5-4-6-13-40)46-17-10-21-57(76)63(46)49-27-26-45(72)34-52(49)47-18-11-20-56(75)60(47)41-14-9-15-44(71)32-41/h4-34,36,75-77H,1-3H3. The van der Waals surface area contributed by atoms with Crippen molar-refractivity contribution < 1.29 is 24.1 Å². The van der Waals surface area contributed by atoms with Crippen molar-refractivity contribution in [1.29, 1.82) is 0 Å². The van der Waals surface area contributed by atoms with E-state index in [2.05, 4.69) is 6.07 Å². The van der Waals surface area contributed by atoms with Gasteiger partial charge in [-0.3, -0.25) is 9.97 Å². The van der Waals surface area contributed by atoms with Crippen LogP contribution in [0.3, 0.4) is 0 Å². The Morgan fingerprint density at radius 1 is 0.403 bits per heavy atom. The Bertz CT molecular complexity index is 4130. The van der Waals surface area contributed by atoms with Crippen LogP contribution in [0.1, 0.15) is 16.8 Å². The van der Waals surface area contributed by atoms with E-state index in [1.54, 1.807) is 60.9 Å². The first-order chi connectivity index (χ1) is 37.3. The highest BCUT2D eigenvalue weighted by atomic mass is 35.5. The molecule has 2 heterocycles. The predicted octanol–water partition coefficient (Wildman–Crippen LogP) is 19.2. The maximum absolute atomic E-state index is 15.8. The monoisotopic (exact) mass is 1070 g/mol. The zero-order valence-electron chi connectivity index (χ0n) is 41.6. The van der Waals surface area contributed by atoms with Crippen LogP contribution < -0.4 is 0 Å². The van der Waals surface area contributed by atoms with Crippen LogP contribution in [0, 0.1) is 38.5 Å². The lowest BCUT2D eigenvalue weighted by molar-refractivity contribution is 0.471. The number of aryl methyl sites for hydroxylation is 3. The average molecular weight is 1070 g/mol. The average Bonchev–Trinajstić information content (AvgIpc) is 3.57. The van der Waals surface area contributed by atoms with Gasteiger partial charge in [-0.15, -0.1) is 0 Å². The molecule has 0 unspecified atom stereocenters. The Balaban J connectivity index is 1.26. The van der Waals surface area contributed by atoms with Crippen LogP contribution in [0.4, 0.5) is 8.78 Å². The zero-order chi connectivity index (χ0) is 53.6. The molecule has 0 aliphatic rings. The van der Waals surface area contributed by atoms with E-state index in [0.717, 1.165) is 22.4 Å². The summed E-state index contributed by atoms with van der Waals surface area (Å²) in [6, 6.07) is 56.0. The number of phenols is 3. The highest BCUT2D eigenvalue weighted by Crippen LogP contribution is 2.56. The fraction of sp³-hybridized carbons (Fsp3) is 0.0448. The summed E-state index contributed by atoms with van der Waals surface area (Å²) < 4.78 is 30.7. The summed E-state index contributed by atoms with van der Waals surface area (Å²) in [5.41, 5.74) is 13.1. The molecule has 0 saturated heterocycles. The van der Waals surface area contributed by atoms with Gasteiger partial charge >= 0.3 is 0 Å². The number of hydrogen-bond acceptors (Lipinski definition) is 5. The first-order valence-corrected chi connectivity index (χ1v) is 25.7. The maximum Gasteiger partial charge on any atom is 0.124 e. The fourth-order valence-corrected chi connectivity index (χ4v) is 11.2. The summed E-state index contributed by atoms with van der Waals surface area (Å²) in [4.78, 5) is 9.91. The maximum atomic E-state index is 15.8. The number of pyridine rings is 2. The van der Waals surface area contributed by atoms with Crippen LogP contribution in [0.15, 0.2) is 194 Å². The van der Waals surface area contributed by atoms with Crippen LogP contribution in [-0.4, -0.2) is 25.3 Å². The third-order valence-corrected chi connectivity index (χ3v) is 15.0. The lowest BCUT2D eigenvalue weighted by Gasteiger charge is -2.25. The van der Waals surface area contributed by atoms with E-state index in [1.807, 2.05) is 124 Å².